The predicted octanol–water partition coefficient (Wildman–Crippen LogP) is 2.78. The van der Waals surface area contributed by atoms with E-state index in [4.69, 9.17) is 4.74 Å². The average molecular weight is 447 g/mol. The van der Waals surface area contributed by atoms with E-state index >= 15 is 0 Å². The van der Waals surface area contributed by atoms with Crippen LogP contribution in [0.15, 0.2) is 47.2 Å². The van der Waals surface area contributed by atoms with E-state index in [1.165, 1.54) is 6.20 Å². The molecule has 28 heavy (non-hydrogen) atoms. The van der Waals surface area contributed by atoms with Crippen LogP contribution in [-0.4, -0.2) is 61.1 Å². The molecule has 1 aromatic heterocycles. The number of pyridine rings is 1. The molecule has 3 rings (SSSR count). The molecule has 1 amide bonds. The standard InChI is InChI=1S/C20H23BrN4O3/c1-2-24-7-9-25(10-8-24)18-5-3-17(4-6-18)23-19(26)14-28-20(27)15-11-16(21)13-22-12-15/h3-6,11-13H,2,7-10,14H2,1H3,(H,23,26). The largest absolute Gasteiger partial charge is 0.452 e. The van der Waals surface area contributed by atoms with Gasteiger partial charge in [-0.05, 0) is 52.8 Å². The summed E-state index contributed by atoms with van der Waals surface area (Å²) >= 11 is 3.24. The Balaban J connectivity index is 1.47. The zero-order valence-corrected chi connectivity index (χ0v) is 17.3. The normalized spacial score (nSPS) is 14.6. The molecule has 1 fully saturated rings. The molecular formula is C20H23BrN4O3. The first-order valence-corrected chi connectivity index (χ1v) is 9.99. The van der Waals surface area contributed by atoms with Gasteiger partial charge < -0.3 is 19.9 Å². The molecule has 0 spiro atoms. The van der Waals surface area contributed by atoms with E-state index in [-0.39, 0.29) is 18.1 Å². The lowest BCUT2D eigenvalue weighted by molar-refractivity contribution is -0.119. The second kappa shape index (κ2) is 9.66. The number of carbonyl (C=O) groups excluding carboxylic acids is 2. The van der Waals surface area contributed by atoms with Gasteiger partial charge in [0.1, 0.15) is 0 Å². The maximum Gasteiger partial charge on any atom is 0.340 e. The first-order valence-electron chi connectivity index (χ1n) is 9.20. The number of halogens is 1. The average Bonchev–Trinajstić information content (AvgIpc) is 2.72. The molecule has 0 radical (unpaired) electrons. The maximum atomic E-state index is 12.0. The number of aromatic nitrogens is 1. The molecule has 0 saturated carbocycles. The molecule has 1 aromatic carbocycles. The molecule has 8 heteroatoms. The van der Waals surface area contributed by atoms with E-state index < -0.39 is 5.97 Å². The number of piperazine rings is 1. The fourth-order valence-corrected chi connectivity index (χ4v) is 3.38. The lowest BCUT2D eigenvalue weighted by atomic mass is 10.2. The quantitative estimate of drug-likeness (QED) is 0.687. The Hall–Kier alpha value is -2.45. The van der Waals surface area contributed by atoms with Crippen molar-refractivity contribution in [2.45, 2.75) is 6.92 Å². The maximum absolute atomic E-state index is 12.0. The van der Waals surface area contributed by atoms with Crippen LogP contribution in [0.2, 0.25) is 0 Å². The molecule has 1 aliphatic rings. The van der Waals surface area contributed by atoms with E-state index in [0.717, 1.165) is 38.4 Å². The Morgan fingerprint density at radius 3 is 2.50 bits per heavy atom. The number of carbonyl (C=O) groups is 2. The van der Waals surface area contributed by atoms with Gasteiger partial charge in [-0.1, -0.05) is 6.92 Å². The molecule has 2 heterocycles. The Bertz CT molecular complexity index is 820. The Kier molecular flexibility index (Phi) is 7.00. The minimum Gasteiger partial charge on any atom is -0.452 e. The van der Waals surface area contributed by atoms with E-state index in [0.29, 0.717) is 10.2 Å². The number of hydrogen-bond donors (Lipinski definition) is 1. The molecule has 1 aliphatic heterocycles. The summed E-state index contributed by atoms with van der Waals surface area (Å²) in [6.07, 6.45) is 2.96. The SMILES string of the molecule is CCN1CCN(c2ccc(NC(=O)COC(=O)c3cncc(Br)c3)cc2)CC1. The summed E-state index contributed by atoms with van der Waals surface area (Å²) < 4.78 is 5.70. The monoisotopic (exact) mass is 446 g/mol. The summed E-state index contributed by atoms with van der Waals surface area (Å²) in [5.74, 6) is -0.980. The Labute approximate surface area is 172 Å². The van der Waals surface area contributed by atoms with Gasteiger partial charge in [-0.15, -0.1) is 0 Å². The zero-order valence-electron chi connectivity index (χ0n) is 15.7. The smallest absolute Gasteiger partial charge is 0.340 e. The van der Waals surface area contributed by atoms with Gasteiger partial charge in [-0.3, -0.25) is 9.78 Å². The summed E-state index contributed by atoms with van der Waals surface area (Å²) in [6, 6.07) is 9.30. The molecule has 1 saturated heterocycles. The summed E-state index contributed by atoms with van der Waals surface area (Å²) in [5.41, 5.74) is 2.10. The number of rotatable bonds is 6. The van der Waals surface area contributed by atoms with E-state index in [1.807, 2.05) is 24.3 Å². The van der Waals surface area contributed by atoms with Gasteiger partial charge in [0.05, 0.1) is 5.56 Å². The van der Waals surface area contributed by atoms with Crippen LogP contribution in [0, 0.1) is 0 Å². The van der Waals surface area contributed by atoms with Gasteiger partial charge in [-0.2, -0.15) is 0 Å². The summed E-state index contributed by atoms with van der Waals surface area (Å²) in [7, 11) is 0. The molecule has 2 aromatic rings. The highest BCUT2D eigenvalue weighted by molar-refractivity contribution is 9.10. The molecule has 1 N–H and O–H groups in total. The van der Waals surface area contributed by atoms with Crippen LogP contribution in [0.25, 0.3) is 0 Å². The number of esters is 1. The second-order valence-electron chi connectivity index (χ2n) is 6.48. The van der Waals surface area contributed by atoms with Gasteiger partial charge in [0, 0.05) is 54.4 Å². The van der Waals surface area contributed by atoms with Gasteiger partial charge in [0.2, 0.25) is 0 Å². The molecule has 0 aliphatic carbocycles. The fraction of sp³-hybridized carbons (Fsp3) is 0.350. The first kappa shape index (κ1) is 20.3. The number of benzene rings is 1. The zero-order chi connectivity index (χ0) is 19.9. The Morgan fingerprint density at radius 2 is 1.86 bits per heavy atom. The van der Waals surface area contributed by atoms with Crippen LogP contribution in [0.3, 0.4) is 0 Å². The van der Waals surface area contributed by atoms with Crippen LogP contribution < -0.4 is 10.2 Å². The second-order valence-corrected chi connectivity index (χ2v) is 7.40. The van der Waals surface area contributed by atoms with Crippen molar-refractivity contribution in [2.75, 3.05) is 49.5 Å². The van der Waals surface area contributed by atoms with Crippen molar-refractivity contribution >= 4 is 39.2 Å². The van der Waals surface area contributed by atoms with Gasteiger partial charge in [0.25, 0.3) is 5.91 Å². The third kappa shape index (κ3) is 5.53. The van der Waals surface area contributed by atoms with Crippen LogP contribution >= 0.6 is 15.9 Å². The van der Waals surface area contributed by atoms with Crippen molar-refractivity contribution in [1.29, 1.82) is 0 Å². The lowest BCUT2D eigenvalue weighted by Gasteiger charge is -2.35. The number of hydrogen-bond acceptors (Lipinski definition) is 6. The molecule has 0 atom stereocenters. The van der Waals surface area contributed by atoms with Crippen LogP contribution in [0.4, 0.5) is 11.4 Å². The number of nitrogens with one attached hydrogen (secondary N) is 1. The van der Waals surface area contributed by atoms with Crippen molar-refractivity contribution in [2.24, 2.45) is 0 Å². The van der Waals surface area contributed by atoms with E-state index in [1.54, 1.807) is 12.3 Å². The highest BCUT2D eigenvalue weighted by Crippen LogP contribution is 2.19. The minimum absolute atomic E-state index is 0.287. The highest BCUT2D eigenvalue weighted by Gasteiger charge is 2.16. The van der Waals surface area contributed by atoms with E-state index in [9.17, 15) is 9.59 Å². The number of anilines is 2. The molecule has 7 nitrogen and oxygen atoms in total. The van der Waals surface area contributed by atoms with Gasteiger partial charge in [0.15, 0.2) is 6.61 Å². The fourth-order valence-electron chi connectivity index (χ4n) is 3.01. The Morgan fingerprint density at radius 1 is 1.14 bits per heavy atom. The molecule has 148 valence electrons. The number of amides is 1. The van der Waals surface area contributed by atoms with Crippen molar-refractivity contribution in [3.05, 3.63) is 52.8 Å². The van der Waals surface area contributed by atoms with Crippen molar-refractivity contribution < 1.29 is 14.3 Å². The third-order valence-electron chi connectivity index (χ3n) is 4.61. The van der Waals surface area contributed by atoms with Crippen molar-refractivity contribution in [3.8, 4) is 0 Å². The number of likely N-dealkylation sites (N-methyl/N-ethyl adjacent to an activating group) is 1. The predicted molar refractivity (Wildman–Crippen MR) is 112 cm³/mol. The summed E-state index contributed by atoms with van der Waals surface area (Å²) in [6.45, 7) is 7.04. The molecule has 0 unspecified atom stereocenters. The molecular weight excluding hydrogens is 424 g/mol. The summed E-state index contributed by atoms with van der Waals surface area (Å²) in [5, 5.41) is 2.74. The first-order chi connectivity index (χ1) is 13.5. The number of nitrogens with zero attached hydrogens (tertiary/aromatic N) is 3. The highest BCUT2D eigenvalue weighted by atomic mass is 79.9. The van der Waals surface area contributed by atoms with Crippen LogP contribution in [0.1, 0.15) is 17.3 Å². The van der Waals surface area contributed by atoms with Crippen LogP contribution in [-0.2, 0) is 9.53 Å². The van der Waals surface area contributed by atoms with Crippen molar-refractivity contribution in [3.63, 3.8) is 0 Å². The van der Waals surface area contributed by atoms with Gasteiger partial charge >= 0.3 is 5.97 Å². The topological polar surface area (TPSA) is 74.8 Å². The minimum atomic E-state index is -0.592. The lowest BCUT2D eigenvalue weighted by Crippen LogP contribution is -2.46. The van der Waals surface area contributed by atoms with E-state index in [2.05, 4.69) is 43.0 Å². The third-order valence-corrected chi connectivity index (χ3v) is 5.04. The molecule has 0 bridgehead atoms. The number of ether oxygens (including phenoxy) is 1. The van der Waals surface area contributed by atoms with Crippen LogP contribution in [0.5, 0.6) is 0 Å². The summed E-state index contributed by atoms with van der Waals surface area (Å²) in [4.78, 5) is 32.7. The van der Waals surface area contributed by atoms with Gasteiger partial charge in [-0.25, -0.2) is 4.79 Å². The van der Waals surface area contributed by atoms with Crippen molar-refractivity contribution in [1.82, 2.24) is 9.88 Å².